The third kappa shape index (κ3) is 4.11. The molecule has 7 nitrogen and oxygen atoms in total. The van der Waals surface area contributed by atoms with Crippen LogP contribution in [0.5, 0.6) is 11.5 Å². The first kappa shape index (κ1) is 18.5. The Morgan fingerprint density at radius 3 is 2.88 bits per heavy atom. The molecule has 0 N–H and O–H groups in total. The predicted octanol–water partition coefficient (Wildman–Crippen LogP) is 2.69. The maximum absolute atomic E-state index is 12.5. The Bertz CT molecular complexity index is 778. The Morgan fingerprint density at radius 1 is 1.42 bits per heavy atom. The average Bonchev–Trinajstić information content (AvgIpc) is 3.29. The van der Waals surface area contributed by atoms with Crippen molar-refractivity contribution in [2.24, 2.45) is 0 Å². The smallest absolute Gasteiger partial charge is 0.276 e. The lowest BCUT2D eigenvalue weighted by Gasteiger charge is -2.19. The fraction of sp³-hybridized carbons (Fsp3) is 0.444. The van der Waals surface area contributed by atoms with Crippen LogP contribution in [0.15, 0.2) is 28.8 Å². The SMILES string of the molecule is COc1ccc(OCc2cc(C(=O)N3CC[C@@H](N(C)C)C3)no2)c(Cl)c1. The van der Waals surface area contributed by atoms with Crippen molar-refractivity contribution in [2.45, 2.75) is 19.1 Å². The van der Waals surface area contributed by atoms with Crippen molar-refractivity contribution in [1.29, 1.82) is 0 Å². The Hall–Kier alpha value is -2.25. The first-order chi connectivity index (χ1) is 12.5. The van der Waals surface area contributed by atoms with Gasteiger partial charge in [-0.25, -0.2) is 0 Å². The van der Waals surface area contributed by atoms with Crippen LogP contribution in [0.25, 0.3) is 0 Å². The lowest BCUT2D eigenvalue weighted by Crippen LogP contribution is -2.34. The third-order valence-electron chi connectivity index (χ3n) is 4.47. The van der Waals surface area contributed by atoms with Crippen molar-refractivity contribution in [1.82, 2.24) is 15.0 Å². The molecule has 8 heteroatoms. The molecule has 1 aromatic heterocycles. The van der Waals surface area contributed by atoms with Gasteiger partial charge in [0.25, 0.3) is 5.91 Å². The summed E-state index contributed by atoms with van der Waals surface area (Å²) in [6, 6.07) is 7.13. The van der Waals surface area contributed by atoms with Crippen molar-refractivity contribution in [3.8, 4) is 11.5 Å². The largest absolute Gasteiger partial charge is 0.497 e. The highest BCUT2D eigenvalue weighted by Crippen LogP contribution is 2.29. The van der Waals surface area contributed by atoms with Crippen molar-refractivity contribution in [3.05, 3.63) is 40.7 Å². The lowest BCUT2D eigenvalue weighted by molar-refractivity contribution is 0.0772. The molecule has 140 valence electrons. The van der Waals surface area contributed by atoms with Gasteiger partial charge in [-0.15, -0.1) is 0 Å². The zero-order valence-electron chi connectivity index (χ0n) is 15.1. The number of ether oxygens (including phenoxy) is 2. The van der Waals surface area contributed by atoms with E-state index in [0.29, 0.717) is 40.6 Å². The number of nitrogens with zero attached hydrogens (tertiary/aromatic N) is 3. The van der Waals surface area contributed by atoms with Gasteiger partial charge in [-0.3, -0.25) is 4.79 Å². The fourth-order valence-corrected chi connectivity index (χ4v) is 3.09. The van der Waals surface area contributed by atoms with Crippen molar-refractivity contribution < 1.29 is 18.8 Å². The van der Waals surface area contributed by atoms with Crippen molar-refractivity contribution in [2.75, 3.05) is 34.3 Å². The zero-order chi connectivity index (χ0) is 18.7. The van der Waals surface area contributed by atoms with E-state index in [0.717, 1.165) is 13.0 Å². The molecule has 1 fully saturated rings. The molecule has 0 spiro atoms. The highest BCUT2D eigenvalue weighted by molar-refractivity contribution is 6.32. The summed E-state index contributed by atoms with van der Waals surface area (Å²) < 4.78 is 16.0. The van der Waals surface area contributed by atoms with Crippen LogP contribution in [0.3, 0.4) is 0 Å². The summed E-state index contributed by atoms with van der Waals surface area (Å²) in [4.78, 5) is 16.5. The van der Waals surface area contributed by atoms with E-state index in [1.165, 1.54) is 0 Å². The molecule has 0 saturated carbocycles. The number of methoxy groups -OCH3 is 1. The van der Waals surface area contributed by atoms with Crippen LogP contribution in [0.4, 0.5) is 0 Å². The number of benzene rings is 1. The van der Waals surface area contributed by atoms with Crippen LogP contribution in [-0.4, -0.2) is 61.2 Å². The van der Waals surface area contributed by atoms with Gasteiger partial charge in [0, 0.05) is 31.3 Å². The van der Waals surface area contributed by atoms with Crippen LogP contribution in [0.2, 0.25) is 5.02 Å². The molecule has 0 aliphatic carbocycles. The van der Waals surface area contributed by atoms with Gasteiger partial charge in [0.15, 0.2) is 11.5 Å². The molecule has 0 bridgehead atoms. The number of hydrogen-bond acceptors (Lipinski definition) is 6. The minimum absolute atomic E-state index is 0.119. The molecule has 1 atom stereocenters. The van der Waals surface area contributed by atoms with Crippen molar-refractivity contribution >= 4 is 17.5 Å². The summed E-state index contributed by atoms with van der Waals surface area (Å²) in [6.45, 7) is 1.56. The molecule has 1 aromatic carbocycles. The maximum Gasteiger partial charge on any atom is 0.276 e. The van der Waals surface area contributed by atoms with Gasteiger partial charge in [0.2, 0.25) is 0 Å². The second kappa shape index (κ2) is 7.97. The molecule has 0 unspecified atom stereocenters. The molecule has 2 aromatic rings. The summed E-state index contributed by atoms with van der Waals surface area (Å²) in [6.07, 6.45) is 0.961. The monoisotopic (exact) mass is 379 g/mol. The van der Waals surface area contributed by atoms with Gasteiger partial charge >= 0.3 is 0 Å². The number of rotatable bonds is 6. The van der Waals surface area contributed by atoms with Gasteiger partial charge in [-0.1, -0.05) is 16.8 Å². The van der Waals surface area contributed by atoms with Gasteiger partial charge in [-0.2, -0.15) is 0 Å². The summed E-state index contributed by atoms with van der Waals surface area (Å²) in [5, 5.41) is 4.32. The van der Waals surface area contributed by atoms with Gasteiger partial charge in [-0.05, 0) is 32.6 Å². The number of likely N-dealkylation sites (N-methyl/N-ethyl adjacent to an activating group) is 1. The Labute approximate surface area is 157 Å². The normalized spacial score (nSPS) is 17.0. The molecule has 1 aliphatic heterocycles. The number of hydrogen-bond donors (Lipinski definition) is 0. The second-order valence-corrected chi connectivity index (χ2v) is 6.83. The molecule has 2 heterocycles. The van der Waals surface area contributed by atoms with Crippen molar-refractivity contribution in [3.63, 3.8) is 0 Å². The number of amides is 1. The van der Waals surface area contributed by atoms with E-state index < -0.39 is 0 Å². The quantitative estimate of drug-likeness (QED) is 0.768. The summed E-state index contributed by atoms with van der Waals surface area (Å²) in [5.41, 5.74) is 0.295. The number of carbonyl (C=O) groups is 1. The van der Waals surface area contributed by atoms with Crippen LogP contribution >= 0.6 is 11.6 Å². The van der Waals surface area contributed by atoms with Gasteiger partial charge in [0.05, 0.1) is 12.1 Å². The summed E-state index contributed by atoms with van der Waals surface area (Å²) in [5.74, 6) is 1.50. The molecule has 1 amide bonds. The average molecular weight is 380 g/mol. The highest BCUT2D eigenvalue weighted by Gasteiger charge is 2.29. The fourth-order valence-electron chi connectivity index (χ4n) is 2.87. The van der Waals surface area contributed by atoms with Crippen LogP contribution in [0.1, 0.15) is 22.7 Å². The number of halogens is 1. The van der Waals surface area contributed by atoms with E-state index in [2.05, 4.69) is 10.1 Å². The Kier molecular flexibility index (Phi) is 5.68. The zero-order valence-corrected chi connectivity index (χ0v) is 15.8. The molecule has 1 saturated heterocycles. The minimum atomic E-state index is -0.119. The molecule has 26 heavy (non-hydrogen) atoms. The van der Waals surface area contributed by atoms with E-state index in [1.54, 1.807) is 36.3 Å². The second-order valence-electron chi connectivity index (χ2n) is 6.42. The number of aromatic nitrogens is 1. The van der Waals surface area contributed by atoms with E-state index in [4.69, 9.17) is 25.6 Å². The lowest BCUT2D eigenvalue weighted by atomic mass is 10.2. The Morgan fingerprint density at radius 2 is 2.23 bits per heavy atom. The van der Waals surface area contributed by atoms with Crippen LogP contribution < -0.4 is 9.47 Å². The standard InChI is InChI=1S/C18H22ClN3O4/c1-21(2)12-6-7-22(10-12)18(23)16-9-14(26-20-16)11-25-17-5-4-13(24-3)8-15(17)19/h4-5,8-9,12H,6-7,10-11H2,1-3H3/t12-/m1/s1. The molecular weight excluding hydrogens is 358 g/mol. The maximum atomic E-state index is 12.5. The third-order valence-corrected chi connectivity index (χ3v) is 4.76. The van der Waals surface area contributed by atoms with E-state index in [-0.39, 0.29) is 12.5 Å². The summed E-state index contributed by atoms with van der Waals surface area (Å²) in [7, 11) is 5.61. The van der Waals surface area contributed by atoms with Gasteiger partial charge < -0.3 is 23.8 Å². The highest BCUT2D eigenvalue weighted by atomic mass is 35.5. The van der Waals surface area contributed by atoms with Crippen LogP contribution in [0, 0.1) is 0 Å². The first-order valence-corrected chi connectivity index (χ1v) is 8.73. The summed E-state index contributed by atoms with van der Waals surface area (Å²) >= 11 is 6.14. The minimum Gasteiger partial charge on any atom is -0.497 e. The number of carbonyl (C=O) groups excluding carboxylic acids is 1. The molecule has 0 radical (unpaired) electrons. The first-order valence-electron chi connectivity index (χ1n) is 8.35. The molecular formula is C18H22ClN3O4. The Balaban J connectivity index is 1.59. The topological polar surface area (TPSA) is 68.0 Å². The molecule has 1 aliphatic rings. The van der Waals surface area contributed by atoms with E-state index >= 15 is 0 Å². The molecule has 3 rings (SSSR count). The van der Waals surface area contributed by atoms with E-state index in [1.807, 2.05) is 14.1 Å². The van der Waals surface area contributed by atoms with E-state index in [9.17, 15) is 4.79 Å². The van der Waals surface area contributed by atoms with Gasteiger partial charge in [0.1, 0.15) is 18.1 Å². The predicted molar refractivity (Wildman–Crippen MR) is 96.8 cm³/mol. The number of likely N-dealkylation sites (tertiary alicyclic amines) is 1. The van der Waals surface area contributed by atoms with Crippen LogP contribution in [-0.2, 0) is 6.61 Å².